The number of nitrogens with zero attached hydrogens (tertiary/aromatic N) is 1. The number of hydrogen-bond acceptors (Lipinski definition) is 3. The van der Waals surface area contributed by atoms with E-state index in [1.807, 2.05) is 0 Å². The smallest absolute Gasteiger partial charge is 0.409 e. The Bertz CT molecular complexity index is 541. The first kappa shape index (κ1) is 20.0. The van der Waals surface area contributed by atoms with Gasteiger partial charge in [-0.3, -0.25) is 4.79 Å². The largest absolute Gasteiger partial charge is 0.497 e. The van der Waals surface area contributed by atoms with Crippen molar-refractivity contribution < 1.29 is 27.4 Å². The average molecular weight is 345 g/mol. The van der Waals surface area contributed by atoms with Crippen LogP contribution in [0, 0.1) is 0 Å². The summed E-state index contributed by atoms with van der Waals surface area (Å²) in [4.78, 5) is 12.6. The highest BCUT2D eigenvalue weighted by Gasteiger charge is 2.44. The van der Waals surface area contributed by atoms with Crippen molar-refractivity contribution in [2.24, 2.45) is 0 Å². The van der Waals surface area contributed by atoms with Crippen molar-refractivity contribution in [2.75, 3.05) is 25.7 Å². The highest BCUT2D eigenvalue weighted by molar-refractivity contribution is 5.92. The monoisotopic (exact) mass is 345 g/mol. The van der Waals surface area contributed by atoms with Crippen molar-refractivity contribution in [2.45, 2.75) is 32.0 Å². The molecule has 4 nitrogen and oxygen atoms in total. The van der Waals surface area contributed by atoms with Crippen molar-refractivity contribution in [3.63, 3.8) is 0 Å². The summed E-state index contributed by atoms with van der Waals surface area (Å²) in [6.45, 7) is 1.56. The average Bonchev–Trinajstić information content (AvgIpc) is 2.52. The molecule has 1 rings (SSSR count). The van der Waals surface area contributed by atoms with Gasteiger partial charge in [-0.15, -0.1) is 0 Å². The lowest BCUT2D eigenvalue weighted by Crippen LogP contribution is -2.48. The van der Waals surface area contributed by atoms with Crippen molar-refractivity contribution >= 4 is 11.6 Å². The van der Waals surface area contributed by atoms with E-state index in [1.54, 1.807) is 6.08 Å². The van der Waals surface area contributed by atoms with Crippen molar-refractivity contribution in [1.29, 1.82) is 0 Å². The molecular weight excluding hydrogens is 323 g/mol. The minimum Gasteiger partial charge on any atom is -0.497 e. The molecule has 0 radical (unpaired) electrons. The van der Waals surface area contributed by atoms with Gasteiger partial charge in [0.25, 0.3) is 0 Å². The lowest BCUT2D eigenvalue weighted by Gasteiger charge is -2.32. The van der Waals surface area contributed by atoms with Gasteiger partial charge in [-0.25, -0.2) is 0 Å². The first-order valence-corrected chi connectivity index (χ1v) is 7.45. The van der Waals surface area contributed by atoms with Crippen LogP contribution in [0.2, 0.25) is 0 Å². The number of anilines is 1. The molecule has 1 atom stereocenters. The number of alkyl halides is 3. The van der Waals surface area contributed by atoms with Gasteiger partial charge in [-0.1, -0.05) is 12.2 Å². The van der Waals surface area contributed by atoms with Crippen LogP contribution in [-0.4, -0.2) is 39.0 Å². The highest BCUT2D eigenvalue weighted by Crippen LogP contribution is 2.32. The van der Waals surface area contributed by atoms with Crippen LogP contribution in [0.1, 0.15) is 19.8 Å². The summed E-state index contributed by atoms with van der Waals surface area (Å²) < 4.78 is 50.2. The zero-order valence-electron chi connectivity index (χ0n) is 14.0. The van der Waals surface area contributed by atoms with Gasteiger partial charge in [0.1, 0.15) is 11.8 Å². The lowest BCUT2D eigenvalue weighted by atomic mass is 10.1. The first-order chi connectivity index (χ1) is 11.3. The summed E-state index contributed by atoms with van der Waals surface area (Å²) in [5.41, 5.74) is 0.177. The Labute approximate surface area is 139 Å². The number of hydrogen-bond donors (Lipinski definition) is 0. The van der Waals surface area contributed by atoms with Gasteiger partial charge in [0, 0.05) is 26.3 Å². The van der Waals surface area contributed by atoms with E-state index in [2.05, 4.69) is 0 Å². The van der Waals surface area contributed by atoms with E-state index in [0.29, 0.717) is 18.8 Å². The van der Waals surface area contributed by atoms with E-state index < -0.39 is 18.1 Å². The molecule has 0 N–H and O–H groups in total. The number of methoxy groups -OCH3 is 2. The Kier molecular flexibility index (Phi) is 7.78. The van der Waals surface area contributed by atoms with Crippen molar-refractivity contribution in [3.05, 3.63) is 36.4 Å². The predicted octanol–water partition coefficient (Wildman–Crippen LogP) is 3.96. The van der Waals surface area contributed by atoms with E-state index in [0.717, 1.165) is 11.8 Å². The Morgan fingerprint density at radius 2 is 1.83 bits per heavy atom. The summed E-state index contributed by atoms with van der Waals surface area (Å²) >= 11 is 0. The zero-order valence-corrected chi connectivity index (χ0v) is 14.0. The zero-order chi connectivity index (χ0) is 18.2. The van der Waals surface area contributed by atoms with E-state index in [1.165, 1.54) is 44.6 Å². The molecule has 0 spiro atoms. The summed E-state index contributed by atoms with van der Waals surface area (Å²) in [6, 6.07) is 3.99. The summed E-state index contributed by atoms with van der Waals surface area (Å²) in [5.74, 6) is -0.168. The standard InChI is InChI=1S/C17H22F3NO3/c1-13(22)21(14-8-10-15(24-3)11-9-14)16(17(18,19)20)7-5-4-6-12-23-2/h4-5,8-11,16H,6-7,12H2,1-3H3/b5-4+. The van der Waals surface area contributed by atoms with Crippen molar-refractivity contribution in [1.82, 2.24) is 0 Å². The number of carbonyl (C=O) groups excluding carboxylic acids is 1. The minimum atomic E-state index is -4.54. The molecule has 0 heterocycles. The van der Waals surface area contributed by atoms with Gasteiger partial charge in [-0.2, -0.15) is 13.2 Å². The van der Waals surface area contributed by atoms with E-state index in [4.69, 9.17) is 9.47 Å². The second-order valence-corrected chi connectivity index (χ2v) is 5.13. The molecule has 0 aliphatic heterocycles. The maximum atomic E-state index is 13.5. The third-order valence-corrected chi connectivity index (χ3v) is 3.39. The van der Waals surface area contributed by atoms with Crippen molar-refractivity contribution in [3.8, 4) is 5.75 Å². The molecule has 24 heavy (non-hydrogen) atoms. The molecule has 134 valence electrons. The highest BCUT2D eigenvalue weighted by atomic mass is 19.4. The number of halogens is 3. The minimum absolute atomic E-state index is 0.177. The second-order valence-electron chi connectivity index (χ2n) is 5.13. The Morgan fingerprint density at radius 3 is 2.29 bits per heavy atom. The van der Waals surface area contributed by atoms with E-state index in [-0.39, 0.29) is 12.1 Å². The van der Waals surface area contributed by atoms with E-state index >= 15 is 0 Å². The molecule has 7 heteroatoms. The molecule has 0 bridgehead atoms. The van der Waals surface area contributed by atoms with Crippen LogP contribution in [0.15, 0.2) is 36.4 Å². The molecule has 1 aromatic carbocycles. The predicted molar refractivity (Wildman–Crippen MR) is 86.2 cm³/mol. The molecule has 0 saturated carbocycles. The molecular formula is C17H22F3NO3. The van der Waals surface area contributed by atoms with Crippen LogP contribution in [-0.2, 0) is 9.53 Å². The van der Waals surface area contributed by atoms with Crippen LogP contribution < -0.4 is 9.64 Å². The number of amides is 1. The Morgan fingerprint density at radius 1 is 1.21 bits per heavy atom. The number of ether oxygens (including phenoxy) is 2. The van der Waals surface area contributed by atoms with Gasteiger partial charge in [0.2, 0.25) is 5.91 Å². The van der Waals surface area contributed by atoms with Gasteiger partial charge < -0.3 is 14.4 Å². The fourth-order valence-corrected chi connectivity index (χ4v) is 2.24. The van der Waals surface area contributed by atoms with Gasteiger partial charge in [-0.05, 0) is 37.1 Å². The Balaban J connectivity index is 3.04. The molecule has 0 aromatic heterocycles. The quantitative estimate of drug-likeness (QED) is 0.529. The van der Waals surface area contributed by atoms with Crippen LogP contribution in [0.25, 0.3) is 0 Å². The normalized spacial score (nSPS) is 13.1. The first-order valence-electron chi connectivity index (χ1n) is 7.45. The second kappa shape index (κ2) is 9.32. The third kappa shape index (κ3) is 5.88. The molecule has 1 unspecified atom stereocenters. The maximum Gasteiger partial charge on any atom is 0.409 e. The third-order valence-electron chi connectivity index (χ3n) is 3.39. The molecule has 1 aromatic rings. The SMILES string of the molecule is COCC/C=C/CC(N(C(C)=O)c1ccc(OC)cc1)C(F)(F)F. The van der Waals surface area contributed by atoms with Gasteiger partial charge in [0.15, 0.2) is 0 Å². The topological polar surface area (TPSA) is 38.8 Å². The van der Waals surface area contributed by atoms with Crippen LogP contribution >= 0.6 is 0 Å². The molecule has 0 fully saturated rings. The number of carbonyl (C=O) groups is 1. The lowest BCUT2D eigenvalue weighted by molar-refractivity contribution is -0.152. The van der Waals surface area contributed by atoms with Gasteiger partial charge >= 0.3 is 6.18 Å². The van der Waals surface area contributed by atoms with Crippen LogP contribution in [0.5, 0.6) is 5.75 Å². The maximum absolute atomic E-state index is 13.5. The molecule has 0 aliphatic carbocycles. The number of benzene rings is 1. The molecule has 1 amide bonds. The van der Waals surface area contributed by atoms with Crippen LogP contribution in [0.3, 0.4) is 0 Å². The summed E-state index contributed by atoms with van der Waals surface area (Å²) in [6.07, 6.45) is -1.30. The van der Waals surface area contributed by atoms with Crippen LogP contribution in [0.4, 0.5) is 18.9 Å². The van der Waals surface area contributed by atoms with E-state index in [9.17, 15) is 18.0 Å². The fraction of sp³-hybridized carbons (Fsp3) is 0.471. The summed E-state index contributed by atoms with van der Waals surface area (Å²) in [5, 5.41) is 0. The molecule has 0 saturated heterocycles. The Hall–Kier alpha value is -2.02. The fourth-order valence-electron chi connectivity index (χ4n) is 2.24. The summed E-state index contributed by atoms with van der Waals surface area (Å²) in [7, 11) is 2.98. The molecule has 0 aliphatic rings. The van der Waals surface area contributed by atoms with Gasteiger partial charge in [0.05, 0.1) is 7.11 Å². The number of rotatable bonds is 8.